The molecule has 9 nitrogen and oxygen atoms in total. The van der Waals surface area contributed by atoms with Crippen LogP contribution in [0.5, 0.6) is 0 Å². The highest BCUT2D eigenvalue weighted by Gasteiger charge is 2.38. The van der Waals surface area contributed by atoms with Gasteiger partial charge in [-0.25, -0.2) is 0 Å². The van der Waals surface area contributed by atoms with E-state index < -0.39 is 6.17 Å². The van der Waals surface area contributed by atoms with Crippen LogP contribution in [0.1, 0.15) is 29.4 Å². The van der Waals surface area contributed by atoms with Crippen LogP contribution in [-0.2, 0) is 14.3 Å². The van der Waals surface area contributed by atoms with Gasteiger partial charge < -0.3 is 14.4 Å². The zero-order chi connectivity index (χ0) is 41.6. The van der Waals surface area contributed by atoms with Gasteiger partial charge in [-0.15, -0.1) is 0 Å². The molecule has 6 aromatic rings. The summed E-state index contributed by atoms with van der Waals surface area (Å²) in [5, 5.41) is 1.29. The van der Waals surface area contributed by atoms with Crippen LogP contribution in [0.25, 0.3) is 33.2 Å². The van der Waals surface area contributed by atoms with Crippen molar-refractivity contribution in [3.63, 3.8) is 0 Å². The van der Waals surface area contributed by atoms with E-state index in [9.17, 15) is 4.79 Å². The molecule has 0 radical (unpaired) electrons. The van der Waals surface area contributed by atoms with Crippen LogP contribution < -0.4 is 5.56 Å². The third-order valence-corrected chi connectivity index (χ3v) is 12.9. The van der Waals surface area contributed by atoms with Crippen LogP contribution in [0, 0.1) is 0 Å². The van der Waals surface area contributed by atoms with Crippen LogP contribution in [0.15, 0.2) is 138 Å². The number of morpholine rings is 2. The first-order chi connectivity index (χ1) is 29.3. The highest BCUT2D eigenvalue weighted by atomic mass is 35.5. The van der Waals surface area contributed by atoms with Crippen LogP contribution >= 0.6 is 23.2 Å². The molecule has 310 valence electrons. The Morgan fingerprint density at radius 2 is 1.07 bits per heavy atom. The van der Waals surface area contributed by atoms with Crippen LogP contribution in [-0.4, -0.2) is 110 Å². The van der Waals surface area contributed by atoms with Crippen molar-refractivity contribution in [2.75, 3.05) is 79.8 Å². The second-order valence-corrected chi connectivity index (χ2v) is 16.4. The third-order valence-electron chi connectivity index (χ3n) is 12.0. The monoisotopic (exact) mass is 843 g/mol. The number of hydrogen-bond acceptors (Lipinski definition) is 7. The zero-order valence-corrected chi connectivity index (χ0v) is 35.6. The summed E-state index contributed by atoms with van der Waals surface area (Å²) in [5.41, 5.74) is 6.67. The number of halogens is 2. The number of benzene rings is 5. The summed E-state index contributed by atoms with van der Waals surface area (Å²) in [4.78, 5) is 38.9. The predicted molar refractivity (Wildman–Crippen MR) is 242 cm³/mol. The third kappa shape index (κ3) is 9.23. The lowest BCUT2D eigenvalue weighted by Gasteiger charge is -2.42. The number of nitrogens with zero attached hydrogens (tertiary/aromatic N) is 5. The Bertz CT molecular complexity index is 2420. The molecule has 3 heterocycles. The summed E-state index contributed by atoms with van der Waals surface area (Å²) < 4.78 is 13.1. The fourth-order valence-electron chi connectivity index (χ4n) is 8.54. The SMILES string of the molecule is CN(C(=O)C(N(C)C(CN1CCOCC1)c1ccc(-c2ccccc2)cc1)n1c(=O)ccc2c(Cl)c(Cl)ccc21)C(CN1CCOCC1)c1ccc(-c2ccccc2)cc1. The molecule has 0 aliphatic carbocycles. The predicted octanol–water partition coefficient (Wildman–Crippen LogP) is 8.68. The lowest BCUT2D eigenvalue weighted by Crippen LogP contribution is -2.52. The molecule has 0 saturated carbocycles. The van der Waals surface area contributed by atoms with E-state index in [-0.39, 0.29) is 23.6 Å². The Morgan fingerprint density at radius 1 is 0.600 bits per heavy atom. The lowest BCUT2D eigenvalue weighted by atomic mass is 9.98. The van der Waals surface area contributed by atoms with E-state index in [1.807, 2.05) is 55.4 Å². The maximum atomic E-state index is 15.8. The Morgan fingerprint density at radius 3 is 1.58 bits per heavy atom. The first-order valence-electron chi connectivity index (χ1n) is 20.7. The van der Waals surface area contributed by atoms with Gasteiger partial charge in [-0.1, -0.05) is 132 Å². The molecule has 3 atom stereocenters. The molecule has 2 aliphatic heterocycles. The van der Waals surface area contributed by atoms with Gasteiger partial charge in [-0.3, -0.25) is 28.9 Å². The van der Waals surface area contributed by atoms with E-state index in [0.717, 1.165) is 59.6 Å². The molecule has 0 N–H and O–H groups in total. The molecule has 5 aromatic carbocycles. The number of carbonyl (C=O) groups is 1. The molecular weight excluding hydrogens is 793 g/mol. The number of likely N-dealkylation sites (N-methyl/N-ethyl adjacent to an activating group) is 2. The van der Waals surface area contributed by atoms with Crippen molar-refractivity contribution in [3.05, 3.63) is 165 Å². The van der Waals surface area contributed by atoms with Gasteiger partial charge in [-0.05, 0) is 58.6 Å². The number of pyridine rings is 1. The second kappa shape index (κ2) is 19.3. The van der Waals surface area contributed by atoms with Gasteiger partial charge >= 0.3 is 0 Å². The molecule has 1 aromatic heterocycles. The summed E-state index contributed by atoms with van der Waals surface area (Å²) in [5.74, 6) is -0.226. The number of carbonyl (C=O) groups excluding carboxylic acids is 1. The Balaban J connectivity index is 1.24. The highest BCUT2D eigenvalue weighted by Crippen LogP contribution is 2.36. The van der Waals surface area contributed by atoms with E-state index in [0.29, 0.717) is 60.5 Å². The normalized spacial score (nSPS) is 16.8. The molecule has 60 heavy (non-hydrogen) atoms. The number of hydrogen-bond donors (Lipinski definition) is 0. The van der Waals surface area contributed by atoms with E-state index >= 15 is 4.79 Å². The topological polar surface area (TPSA) is 70.5 Å². The van der Waals surface area contributed by atoms with Crippen molar-refractivity contribution in [1.29, 1.82) is 0 Å². The smallest absolute Gasteiger partial charge is 0.261 e. The van der Waals surface area contributed by atoms with Gasteiger partial charge in [-0.2, -0.15) is 0 Å². The van der Waals surface area contributed by atoms with Gasteiger partial charge in [0.15, 0.2) is 6.17 Å². The van der Waals surface area contributed by atoms with E-state index in [1.54, 1.807) is 22.8 Å². The molecule has 2 fully saturated rings. The van der Waals surface area contributed by atoms with Crippen molar-refractivity contribution in [3.8, 4) is 22.3 Å². The van der Waals surface area contributed by atoms with Crippen molar-refractivity contribution >= 4 is 40.0 Å². The van der Waals surface area contributed by atoms with Crippen molar-refractivity contribution in [1.82, 2.24) is 24.2 Å². The summed E-state index contributed by atoms with van der Waals surface area (Å²) in [7, 11) is 3.83. The van der Waals surface area contributed by atoms with Crippen LogP contribution in [0.2, 0.25) is 10.0 Å². The lowest BCUT2D eigenvalue weighted by molar-refractivity contribution is -0.143. The summed E-state index contributed by atoms with van der Waals surface area (Å²) in [6.45, 7) is 6.75. The minimum atomic E-state index is -1.07. The Labute approximate surface area is 362 Å². The minimum Gasteiger partial charge on any atom is -0.379 e. The van der Waals surface area contributed by atoms with Crippen LogP contribution in [0.4, 0.5) is 0 Å². The molecular formula is C49H51Cl2N5O4. The summed E-state index contributed by atoms with van der Waals surface area (Å²) >= 11 is 13.4. The molecule has 1 amide bonds. The second-order valence-electron chi connectivity index (χ2n) is 15.7. The number of amides is 1. The maximum Gasteiger partial charge on any atom is 0.261 e. The number of ether oxygens (including phenoxy) is 2. The average molecular weight is 845 g/mol. The number of aromatic nitrogens is 1. The van der Waals surface area contributed by atoms with E-state index in [2.05, 4.69) is 87.5 Å². The summed E-state index contributed by atoms with van der Waals surface area (Å²) in [6, 6.07) is 43.6. The fourth-order valence-corrected chi connectivity index (χ4v) is 8.93. The molecule has 0 spiro atoms. The Hall–Kier alpha value is -4.84. The van der Waals surface area contributed by atoms with Gasteiger partial charge in [0.05, 0.1) is 48.0 Å². The van der Waals surface area contributed by atoms with Gasteiger partial charge in [0, 0.05) is 63.8 Å². The minimum absolute atomic E-state index is 0.226. The van der Waals surface area contributed by atoms with Crippen molar-refractivity contribution in [2.24, 2.45) is 0 Å². The largest absolute Gasteiger partial charge is 0.379 e. The standard InChI is InChI=1S/C49H51Cl2N5O4/c1-52(44(33-54-25-29-59-30-26-54)39-17-13-37(14-18-39)35-9-5-3-6-10-35)48(56-43-23-22-42(50)47(51)41(43)21-24-46(56)57)49(58)53(2)45(34-55-27-31-60-32-28-55)40-19-15-38(16-20-40)36-11-7-4-8-12-36/h3-24,44-45,48H,25-34H2,1-2H3. The van der Waals surface area contributed by atoms with Crippen LogP contribution in [0.3, 0.4) is 0 Å². The van der Waals surface area contributed by atoms with E-state index in [1.165, 1.54) is 6.07 Å². The molecule has 0 bridgehead atoms. The number of fused-ring (bicyclic) bond motifs is 1. The van der Waals surface area contributed by atoms with Crippen molar-refractivity contribution in [2.45, 2.75) is 18.2 Å². The molecule has 2 aliphatic rings. The van der Waals surface area contributed by atoms with Gasteiger partial charge in [0.25, 0.3) is 11.5 Å². The zero-order valence-electron chi connectivity index (χ0n) is 34.1. The first-order valence-corrected chi connectivity index (χ1v) is 21.4. The Kier molecular flexibility index (Phi) is 13.4. The average Bonchev–Trinajstić information content (AvgIpc) is 3.30. The van der Waals surface area contributed by atoms with Gasteiger partial charge in [0.2, 0.25) is 0 Å². The quantitative estimate of drug-likeness (QED) is 0.115. The van der Waals surface area contributed by atoms with Gasteiger partial charge in [0.1, 0.15) is 0 Å². The molecule has 8 rings (SSSR count). The molecule has 2 saturated heterocycles. The fraction of sp³-hybridized carbons (Fsp3) is 0.306. The van der Waals surface area contributed by atoms with E-state index in [4.69, 9.17) is 32.7 Å². The summed E-state index contributed by atoms with van der Waals surface area (Å²) in [6.07, 6.45) is -1.07. The highest BCUT2D eigenvalue weighted by molar-refractivity contribution is 6.45. The van der Waals surface area contributed by atoms with Crippen molar-refractivity contribution < 1.29 is 14.3 Å². The molecule has 11 heteroatoms. The molecule has 3 unspecified atom stereocenters. The maximum absolute atomic E-state index is 15.8. The number of rotatable bonds is 13. The first kappa shape index (κ1) is 41.9.